The molecule has 0 unspecified atom stereocenters. The zero-order chi connectivity index (χ0) is 16.1. The van der Waals surface area contributed by atoms with Gasteiger partial charge < -0.3 is 10.1 Å². The molecule has 22 heavy (non-hydrogen) atoms. The molecule has 1 atom stereocenters. The first-order valence-electron chi connectivity index (χ1n) is 6.73. The number of rotatable bonds is 4. The Labute approximate surface area is 128 Å². The molecule has 0 aliphatic rings. The third-order valence-electron chi connectivity index (χ3n) is 3.11. The highest BCUT2D eigenvalue weighted by Crippen LogP contribution is 2.17. The number of ether oxygens (including phenoxy) is 1. The van der Waals surface area contributed by atoms with Crippen LogP contribution in [-0.2, 0) is 4.79 Å². The van der Waals surface area contributed by atoms with Crippen molar-refractivity contribution in [2.75, 3.05) is 5.32 Å². The van der Waals surface area contributed by atoms with Crippen LogP contribution in [0.2, 0.25) is 0 Å². The van der Waals surface area contributed by atoms with Crippen molar-refractivity contribution in [2.24, 2.45) is 0 Å². The van der Waals surface area contributed by atoms with E-state index in [1.165, 1.54) is 18.2 Å². The molecule has 1 N–H and O–H groups in total. The lowest BCUT2D eigenvalue weighted by atomic mass is 10.2. The summed E-state index contributed by atoms with van der Waals surface area (Å²) in [5.41, 5.74) is 1.70. The Morgan fingerprint density at radius 3 is 2.55 bits per heavy atom. The highest BCUT2D eigenvalue weighted by Gasteiger charge is 2.15. The van der Waals surface area contributed by atoms with Gasteiger partial charge >= 0.3 is 0 Å². The molecule has 2 aromatic rings. The zero-order valence-electron chi connectivity index (χ0n) is 12.3. The van der Waals surface area contributed by atoms with E-state index in [1.54, 1.807) is 38.1 Å². The van der Waals surface area contributed by atoms with E-state index in [2.05, 4.69) is 5.32 Å². The molecule has 2 aromatic carbocycles. The van der Waals surface area contributed by atoms with Gasteiger partial charge in [0.15, 0.2) is 6.10 Å². The van der Waals surface area contributed by atoms with E-state index < -0.39 is 6.10 Å². The predicted molar refractivity (Wildman–Crippen MR) is 81.0 cm³/mol. The maximum absolute atomic E-state index is 13.0. The third-order valence-corrected chi connectivity index (χ3v) is 3.11. The second-order valence-corrected chi connectivity index (χ2v) is 4.84. The maximum Gasteiger partial charge on any atom is 0.265 e. The van der Waals surface area contributed by atoms with Gasteiger partial charge in [-0.15, -0.1) is 0 Å². The van der Waals surface area contributed by atoms with Gasteiger partial charge in [-0.25, -0.2) is 4.39 Å². The predicted octanol–water partition coefficient (Wildman–Crippen LogP) is 3.41. The van der Waals surface area contributed by atoms with Crippen molar-refractivity contribution in [3.63, 3.8) is 0 Å². The topological polar surface area (TPSA) is 62.1 Å². The number of anilines is 1. The quantitative estimate of drug-likeness (QED) is 0.940. The number of carbonyl (C=O) groups excluding carboxylic acids is 1. The van der Waals surface area contributed by atoms with E-state index in [0.29, 0.717) is 22.6 Å². The van der Waals surface area contributed by atoms with Gasteiger partial charge in [0.2, 0.25) is 0 Å². The van der Waals surface area contributed by atoms with Gasteiger partial charge in [-0.2, -0.15) is 5.26 Å². The standard InChI is InChI=1S/C17H15FN2O2/c1-11-9-14(18)5-8-16(11)20-17(21)12(2)22-15-6-3-13(10-19)4-7-15/h3-9,12H,1-2H3,(H,20,21)/t12-/m0/s1. The molecule has 0 spiro atoms. The van der Waals surface area contributed by atoms with Crippen LogP contribution in [0.5, 0.6) is 5.75 Å². The largest absolute Gasteiger partial charge is 0.481 e. The molecule has 1 amide bonds. The van der Waals surface area contributed by atoms with E-state index in [0.717, 1.165) is 0 Å². The van der Waals surface area contributed by atoms with Gasteiger partial charge in [-0.3, -0.25) is 4.79 Å². The molecule has 0 fully saturated rings. The van der Waals surface area contributed by atoms with Crippen LogP contribution < -0.4 is 10.1 Å². The fourth-order valence-corrected chi connectivity index (χ4v) is 1.87. The number of benzene rings is 2. The summed E-state index contributed by atoms with van der Waals surface area (Å²) >= 11 is 0. The Morgan fingerprint density at radius 2 is 1.95 bits per heavy atom. The number of nitrogens with zero attached hydrogens (tertiary/aromatic N) is 1. The summed E-state index contributed by atoms with van der Waals surface area (Å²) in [6.07, 6.45) is -0.725. The number of hydrogen-bond acceptors (Lipinski definition) is 3. The van der Waals surface area contributed by atoms with Crippen molar-refractivity contribution in [3.8, 4) is 11.8 Å². The summed E-state index contributed by atoms with van der Waals surface area (Å²) in [7, 11) is 0. The van der Waals surface area contributed by atoms with Crippen molar-refractivity contribution in [1.29, 1.82) is 5.26 Å². The second-order valence-electron chi connectivity index (χ2n) is 4.84. The number of hydrogen-bond donors (Lipinski definition) is 1. The SMILES string of the molecule is Cc1cc(F)ccc1NC(=O)[C@H](C)Oc1ccc(C#N)cc1. The van der Waals surface area contributed by atoms with Crippen molar-refractivity contribution < 1.29 is 13.9 Å². The Hall–Kier alpha value is -2.87. The monoisotopic (exact) mass is 298 g/mol. The molecule has 0 radical (unpaired) electrons. The Morgan fingerprint density at radius 1 is 1.27 bits per heavy atom. The molecule has 2 rings (SSSR count). The highest BCUT2D eigenvalue weighted by molar-refractivity contribution is 5.94. The molecule has 0 saturated heterocycles. The molecule has 0 aliphatic carbocycles. The van der Waals surface area contributed by atoms with Crippen molar-refractivity contribution in [2.45, 2.75) is 20.0 Å². The highest BCUT2D eigenvalue weighted by atomic mass is 19.1. The number of nitrogens with one attached hydrogen (secondary N) is 1. The van der Waals surface area contributed by atoms with Gasteiger partial charge in [-0.05, 0) is 61.9 Å². The average Bonchev–Trinajstić information content (AvgIpc) is 2.50. The molecule has 0 bridgehead atoms. The van der Waals surface area contributed by atoms with Crippen LogP contribution in [0.15, 0.2) is 42.5 Å². The first-order chi connectivity index (χ1) is 10.5. The molecule has 0 aliphatic heterocycles. The minimum absolute atomic E-state index is 0.334. The van der Waals surface area contributed by atoms with Crippen molar-refractivity contribution in [1.82, 2.24) is 0 Å². The average molecular weight is 298 g/mol. The summed E-state index contributed by atoms with van der Waals surface area (Å²) in [4.78, 5) is 12.1. The maximum atomic E-state index is 13.0. The minimum Gasteiger partial charge on any atom is -0.481 e. The molecule has 0 saturated carbocycles. The molecular weight excluding hydrogens is 283 g/mol. The van der Waals surface area contributed by atoms with Gasteiger partial charge in [0.25, 0.3) is 5.91 Å². The van der Waals surface area contributed by atoms with Crippen molar-refractivity contribution in [3.05, 3.63) is 59.4 Å². The lowest BCUT2D eigenvalue weighted by Crippen LogP contribution is -2.30. The van der Waals surface area contributed by atoms with Gasteiger partial charge in [0.05, 0.1) is 11.6 Å². The van der Waals surface area contributed by atoms with E-state index in [4.69, 9.17) is 10.00 Å². The van der Waals surface area contributed by atoms with Crippen molar-refractivity contribution >= 4 is 11.6 Å². The normalized spacial score (nSPS) is 11.4. The lowest BCUT2D eigenvalue weighted by molar-refractivity contribution is -0.122. The van der Waals surface area contributed by atoms with Crippen LogP contribution in [0.25, 0.3) is 0 Å². The number of halogens is 1. The number of nitriles is 1. The van der Waals surface area contributed by atoms with E-state index in [9.17, 15) is 9.18 Å². The van der Waals surface area contributed by atoms with Gasteiger partial charge in [-0.1, -0.05) is 0 Å². The van der Waals surface area contributed by atoms with E-state index in [-0.39, 0.29) is 11.7 Å². The minimum atomic E-state index is -0.725. The molecule has 0 heterocycles. The first-order valence-corrected chi connectivity index (χ1v) is 6.73. The lowest BCUT2D eigenvalue weighted by Gasteiger charge is -2.15. The Balaban J connectivity index is 2.01. The molecule has 0 aromatic heterocycles. The third kappa shape index (κ3) is 3.83. The fraction of sp³-hybridized carbons (Fsp3) is 0.176. The Bertz CT molecular complexity index is 720. The number of carbonyl (C=O) groups is 1. The number of amides is 1. The van der Waals surface area contributed by atoms with Crippen LogP contribution in [0.1, 0.15) is 18.1 Å². The Kier molecular flexibility index (Phi) is 4.74. The summed E-state index contributed by atoms with van der Waals surface area (Å²) in [5.74, 6) is -0.186. The zero-order valence-corrected chi connectivity index (χ0v) is 12.3. The molecule has 112 valence electrons. The molecule has 5 heteroatoms. The van der Waals surface area contributed by atoms with Crippen LogP contribution in [0, 0.1) is 24.1 Å². The smallest absolute Gasteiger partial charge is 0.265 e. The summed E-state index contributed by atoms with van der Waals surface area (Å²) in [6, 6.07) is 12.6. The molecular formula is C17H15FN2O2. The van der Waals surface area contributed by atoms with Gasteiger partial charge in [0, 0.05) is 5.69 Å². The van der Waals surface area contributed by atoms with Gasteiger partial charge in [0.1, 0.15) is 11.6 Å². The second kappa shape index (κ2) is 6.72. The van der Waals surface area contributed by atoms with Crippen LogP contribution in [0.3, 0.4) is 0 Å². The number of aryl methyl sites for hydroxylation is 1. The van der Waals surface area contributed by atoms with Crippen LogP contribution in [-0.4, -0.2) is 12.0 Å². The summed E-state index contributed by atoms with van der Waals surface area (Å²) < 4.78 is 18.5. The summed E-state index contributed by atoms with van der Waals surface area (Å²) in [5, 5.41) is 11.4. The first kappa shape index (κ1) is 15.5. The van der Waals surface area contributed by atoms with E-state index in [1.807, 2.05) is 6.07 Å². The fourth-order valence-electron chi connectivity index (χ4n) is 1.87. The van der Waals surface area contributed by atoms with E-state index >= 15 is 0 Å². The van der Waals surface area contributed by atoms with Crippen LogP contribution in [0.4, 0.5) is 10.1 Å². The van der Waals surface area contributed by atoms with Crippen LogP contribution >= 0.6 is 0 Å². The molecule has 4 nitrogen and oxygen atoms in total. The summed E-state index contributed by atoms with van der Waals surface area (Å²) in [6.45, 7) is 3.33.